The quantitative estimate of drug-likeness (QED) is 0.643. The van der Waals surface area contributed by atoms with Gasteiger partial charge in [0.25, 0.3) is 5.91 Å². The largest absolute Gasteiger partial charge is 0.452 e. The highest BCUT2D eigenvalue weighted by atomic mass is 79.9. The minimum absolute atomic E-state index is 0.227. The van der Waals surface area contributed by atoms with Crippen LogP contribution in [0.2, 0.25) is 0 Å². The van der Waals surface area contributed by atoms with Crippen molar-refractivity contribution < 1.29 is 18.7 Å². The summed E-state index contributed by atoms with van der Waals surface area (Å²) in [5, 5.41) is 2.65. The van der Waals surface area contributed by atoms with Gasteiger partial charge in [-0.3, -0.25) is 4.79 Å². The van der Waals surface area contributed by atoms with E-state index in [1.807, 2.05) is 12.1 Å². The highest BCUT2D eigenvalue weighted by Crippen LogP contribution is 2.20. The van der Waals surface area contributed by atoms with Crippen molar-refractivity contribution in [3.8, 4) is 0 Å². The van der Waals surface area contributed by atoms with Gasteiger partial charge in [0.05, 0.1) is 5.56 Å². The number of carbonyl (C=O) groups is 2. The van der Waals surface area contributed by atoms with E-state index in [0.29, 0.717) is 16.2 Å². The van der Waals surface area contributed by atoms with Crippen molar-refractivity contribution in [1.82, 2.24) is 0 Å². The Hall–Kier alpha value is -2.41. The number of ether oxygens (including phenoxy) is 1. The molecule has 2 aromatic rings. The number of benzene rings is 2. The van der Waals surface area contributed by atoms with Crippen LogP contribution in [0.3, 0.4) is 0 Å². The molecule has 7 heteroatoms. The maximum atomic E-state index is 13.7. The van der Waals surface area contributed by atoms with E-state index < -0.39 is 24.3 Å². The Morgan fingerprint density at radius 3 is 2.44 bits per heavy atom. The Balaban J connectivity index is 1.92. The Labute approximate surface area is 166 Å². The molecule has 1 amide bonds. The van der Waals surface area contributed by atoms with E-state index >= 15 is 0 Å². The van der Waals surface area contributed by atoms with Gasteiger partial charge in [0.15, 0.2) is 6.61 Å². The zero-order valence-corrected chi connectivity index (χ0v) is 17.0. The number of hydrogen-bond donors (Lipinski definition) is 1. The molecule has 2 rings (SSSR count). The summed E-state index contributed by atoms with van der Waals surface area (Å²) in [5.41, 5.74) is 1.42. The van der Waals surface area contributed by atoms with Gasteiger partial charge in [-0.2, -0.15) is 0 Å². The highest BCUT2D eigenvalue weighted by Gasteiger charge is 2.15. The van der Waals surface area contributed by atoms with Gasteiger partial charge in [-0.25, -0.2) is 9.18 Å². The van der Waals surface area contributed by atoms with E-state index in [0.717, 1.165) is 18.3 Å². The second-order valence-electron chi connectivity index (χ2n) is 6.18. The van der Waals surface area contributed by atoms with E-state index in [9.17, 15) is 14.0 Å². The molecule has 0 spiro atoms. The molecule has 0 aliphatic heterocycles. The first-order valence-electron chi connectivity index (χ1n) is 8.60. The van der Waals surface area contributed by atoms with Gasteiger partial charge < -0.3 is 15.0 Å². The first kappa shape index (κ1) is 20.9. The fourth-order valence-corrected chi connectivity index (χ4v) is 3.00. The average Bonchev–Trinajstić information content (AvgIpc) is 2.63. The molecular weight excluding hydrogens is 415 g/mol. The number of halogens is 2. The summed E-state index contributed by atoms with van der Waals surface area (Å²) >= 11 is 3.16. The van der Waals surface area contributed by atoms with Crippen LogP contribution in [0.1, 0.15) is 31.1 Å². The summed E-state index contributed by atoms with van der Waals surface area (Å²) in [6.07, 6.45) is 0. The Morgan fingerprint density at radius 2 is 1.85 bits per heavy atom. The van der Waals surface area contributed by atoms with Crippen molar-refractivity contribution >= 4 is 39.2 Å². The molecule has 0 unspecified atom stereocenters. The predicted molar refractivity (Wildman–Crippen MR) is 108 cm³/mol. The van der Waals surface area contributed by atoms with Crippen LogP contribution in [0.15, 0.2) is 46.9 Å². The van der Waals surface area contributed by atoms with Gasteiger partial charge >= 0.3 is 5.97 Å². The van der Waals surface area contributed by atoms with Gasteiger partial charge in [0, 0.05) is 28.4 Å². The van der Waals surface area contributed by atoms with Crippen LogP contribution in [0, 0.1) is 5.82 Å². The van der Waals surface area contributed by atoms with Crippen molar-refractivity contribution in [3.63, 3.8) is 0 Å². The molecule has 0 saturated carbocycles. The van der Waals surface area contributed by atoms with E-state index in [1.54, 1.807) is 12.1 Å². The summed E-state index contributed by atoms with van der Waals surface area (Å²) in [6.45, 7) is 6.69. The Kier molecular flexibility index (Phi) is 7.36. The van der Waals surface area contributed by atoms with Crippen LogP contribution < -0.4 is 10.2 Å². The number of hydrogen-bond acceptors (Lipinski definition) is 4. The molecule has 0 aliphatic rings. The monoisotopic (exact) mass is 436 g/mol. The third-order valence-corrected chi connectivity index (χ3v) is 4.42. The van der Waals surface area contributed by atoms with Crippen LogP contribution >= 0.6 is 15.9 Å². The Bertz CT molecular complexity index is 809. The first-order chi connectivity index (χ1) is 12.8. The van der Waals surface area contributed by atoms with Crippen molar-refractivity contribution in [2.45, 2.75) is 26.8 Å². The summed E-state index contributed by atoms with van der Waals surface area (Å²) in [6, 6.07) is 11.7. The predicted octanol–water partition coefficient (Wildman–Crippen LogP) is 4.62. The number of esters is 1. The van der Waals surface area contributed by atoms with Crippen LogP contribution in [0.25, 0.3) is 0 Å². The lowest BCUT2D eigenvalue weighted by Crippen LogP contribution is -2.30. The molecule has 0 radical (unpaired) electrons. The minimum Gasteiger partial charge on any atom is -0.452 e. The molecule has 144 valence electrons. The third-order valence-electron chi connectivity index (χ3n) is 3.93. The van der Waals surface area contributed by atoms with E-state index in [1.165, 1.54) is 12.1 Å². The van der Waals surface area contributed by atoms with Crippen LogP contribution in [0.5, 0.6) is 0 Å². The van der Waals surface area contributed by atoms with Crippen LogP contribution in [-0.2, 0) is 9.53 Å². The molecule has 0 saturated heterocycles. The van der Waals surface area contributed by atoms with Gasteiger partial charge in [-0.05, 0) is 63.2 Å². The second kappa shape index (κ2) is 9.50. The summed E-state index contributed by atoms with van der Waals surface area (Å²) in [4.78, 5) is 26.1. The van der Waals surface area contributed by atoms with Crippen molar-refractivity contribution in [3.05, 3.63) is 58.3 Å². The molecule has 0 fully saturated rings. The van der Waals surface area contributed by atoms with Crippen LogP contribution in [-0.4, -0.2) is 31.1 Å². The lowest BCUT2D eigenvalue weighted by molar-refractivity contribution is -0.119. The lowest BCUT2D eigenvalue weighted by Gasteiger charge is -2.27. The van der Waals surface area contributed by atoms with Crippen molar-refractivity contribution in [1.29, 1.82) is 0 Å². The van der Waals surface area contributed by atoms with Crippen molar-refractivity contribution in [2.24, 2.45) is 0 Å². The standard InChI is InChI=1S/C20H22BrFN2O3/c1-4-24(13(2)3)16-8-6-15(7-9-16)23-19(25)12-27-20(26)17-11-14(21)5-10-18(17)22/h5-11,13H,4,12H2,1-3H3,(H,23,25). The summed E-state index contributed by atoms with van der Waals surface area (Å²) in [5.74, 6) is -2.10. The fraction of sp³-hybridized carbons (Fsp3) is 0.300. The zero-order chi connectivity index (χ0) is 20.0. The van der Waals surface area contributed by atoms with Gasteiger partial charge in [0.2, 0.25) is 0 Å². The molecule has 0 aliphatic carbocycles. The van der Waals surface area contributed by atoms with E-state index in [4.69, 9.17) is 4.74 Å². The molecule has 5 nitrogen and oxygen atoms in total. The number of nitrogens with zero attached hydrogens (tertiary/aromatic N) is 1. The molecule has 0 heterocycles. The van der Waals surface area contributed by atoms with Gasteiger partial charge in [-0.15, -0.1) is 0 Å². The van der Waals surface area contributed by atoms with E-state index in [2.05, 4.69) is 46.9 Å². The van der Waals surface area contributed by atoms with Crippen molar-refractivity contribution in [2.75, 3.05) is 23.4 Å². The molecule has 0 aromatic heterocycles. The molecule has 0 bridgehead atoms. The minimum atomic E-state index is -0.894. The summed E-state index contributed by atoms with van der Waals surface area (Å²) in [7, 11) is 0. The SMILES string of the molecule is CCN(c1ccc(NC(=O)COC(=O)c2cc(Br)ccc2F)cc1)C(C)C. The maximum absolute atomic E-state index is 13.7. The van der Waals surface area contributed by atoms with Gasteiger partial charge in [-0.1, -0.05) is 15.9 Å². The average molecular weight is 437 g/mol. The fourth-order valence-electron chi connectivity index (χ4n) is 2.64. The highest BCUT2D eigenvalue weighted by molar-refractivity contribution is 9.10. The maximum Gasteiger partial charge on any atom is 0.341 e. The number of amides is 1. The normalized spacial score (nSPS) is 10.6. The van der Waals surface area contributed by atoms with E-state index in [-0.39, 0.29) is 5.56 Å². The molecular formula is C20H22BrFN2O3. The smallest absolute Gasteiger partial charge is 0.341 e. The molecule has 2 aromatic carbocycles. The lowest BCUT2D eigenvalue weighted by atomic mass is 10.2. The number of carbonyl (C=O) groups excluding carboxylic acids is 2. The topological polar surface area (TPSA) is 58.6 Å². The third kappa shape index (κ3) is 5.79. The molecule has 0 atom stereocenters. The zero-order valence-electron chi connectivity index (χ0n) is 15.5. The molecule has 27 heavy (non-hydrogen) atoms. The van der Waals surface area contributed by atoms with Crippen LogP contribution in [0.4, 0.5) is 15.8 Å². The Morgan fingerprint density at radius 1 is 1.19 bits per heavy atom. The van der Waals surface area contributed by atoms with Gasteiger partial charge in [0.1, 0.15) is 5.82 Å². The number of anilines is 2. The first-order valence-corrected chi connectivity index (χ1v) is 9.39. The number of nitrogens with one attached hydrogen (secondary N) is 1. The summed E-state index contributed by atoms with van der Waals surface area (Å²) < 4.78 is 19.1. The molecule has 1 N–H and O–H groups in total. The second-order valence-corrected chi connectivity index (χ2v) is 7.09. The number of rotatable bonds is 7.